The molecular weight excluding hydrogens is 369 g/mol. The number of H-pyrrole nitrogens is 1. The van der Waals surface area contributed by atoms with Crippen LogP contribution in [0.25, 0.3) is 10.9 Å². The lowest BCUT2D eigenvalue weighted by Crippen LogP contribution is -2.03. The normalized spacial score (nSPS) is 10.9. The highest BCUT2D eigenvalue weighted by Gasteiger charge is 2.34. The molecule has 1 aromatic carbocycles. The molecule has 2 aromatic heterocycles. The Kier molecular flexibility index (Phi) is 5.98. The van der Waals surface area contributed by atoms with Crippen LogP contribution in [0.5, 0.6) is 0 Å². The number of fused-ring (bicyclic) bond motifs is 1. The predicted octanol–water partition coefficient (Wildman–Crippen LogP) is 5.97. The smallest absolute Gasteiger partial charge is 0.358 e. The van der Waals surface area contributed by atoms with Crippen LogP contribution in [-0.2, 0) is 6.18 Å². The number of aromatic amines is 1. The molecule has 25 heavy (non-hydrogen) atoms. The molecule has 0 unspecified atom stereocenters. The third-order valence-electron chi connectivity index (χ3n) is 3.16. The number of hydrogen-bond donors (Lipinski definition) is 2. The molecule has 0 saturated heterocycles. The molecule has 0 atom stereocenters. The maximum absolute atomic E-state index is 12.5. The second-order valence-corrected chi connectivity index (χ2v) is 6.37. The molecule has 0 aliphatic rings. The van der Waals surface area contributed by atoms with Crippen molar-refractivity contribution >= 4 is 39.9 Å². The summed E-state index contributed by atoms with van der Waals surface area (Å²) in [5.41, 5.74) is 2.89. The van der Waals surface area contributed by atoms with Crippen LogP contribution in [0.4, 0.5) is 18.9 Å². The second-order valence-electron chi connectivity index (χ2n) is 4.69. The zero-order valence-electron chi connectivity index (χ0n) is 13.7. The predicted molar refractivity (Wildman–Crippen MR) is 95.7 cm³/mol. The van der Waals surface area contributed by atoms with Crippen LogP contribution in [-0.4, -0.2) is 9.97 Å². The Hall–Kier alpha value is -2.18. The van der Waals surface area contributed by atoms with Gasteiger partial charge >= 0.3 is 6.18 Å². The maximum Gasteiger partial charge on any atom is 0.443 e. The van der Waals surface area contributed by atoms with Crippen molar-refractivity contribution in [1.29, 1.82) is 5.26 Å². The average molecular weight is 384 g/mol. The van der Waals surface area contributed by atoms with Crippen molar-refractivity contribution in [1.82, 2.24) is 9.97 Å². The number of nitriles is 1. The third kappa shape index (κ3) is 4.08. The van der Waals surface area contributed by atoms with Gasteiger partial charge in [-0.2, -0.15) is 18.4 Å². The number of benzene rings is 1. The number of aromatic nitrogens is 2. The van der Waals surface area contributed by atoms with Crippen molar-refractivity contribution in [2.45, 2.75) is 32.0 Å². The molecule has 2 N–H and O–H groups in total. The van der Waals surface area contributed by atoms with Crippen LogP contribution < -0.4 is 4.72 Å². The van der Waals surface area contributed by atoms with Gasteiger partial charge in [-0.05, 0) is 18.6 Å². The van der Waals surface area contributed by atoms with E-state index < -0.39 is 11.2 Å². The molecule has 0 aliphatic heterocycles. The maximum atomic E-state index is 12.5. The molecule has 3 aromatic rings. The van der Waals surface area contributed by atoms with Gasteiger partial charge in [0.1, 0.15) is 11.1 Å². The van der Waals surface area contributed by atoms with Crippen LogP contribution in [0, 0.1) is 18.3 Å². The minimum Gasteiger partial charge on any atom is -0.358 e. The monoisotopic (exact) mass is 384 g/mol. The molecule has 4 nitrogen and oxygen atoms in total. The largest absolute Gasteiger partial charge is 0.443 e. The molecule has 0 fully saturated rings. The molecule has 0 spiro atoms. The molecular formula is C16H15F3N4S2. The van der Waals surface area contributed by atoms with E-state index in [-0.39, 0.29) is 5.03 Å². The molecule has 132 valence electrons. The number of thiazole rings is 1. The lowest BCUT2D eigenvalue weighted by atomic mass is 10.1. The van der Waals surface area contributed by atoms with Crippen LogP contribution in [0.15, 0.2) is 28.7 Å². The summed E-state index contributed by atoms with van der Waals surface area (Å²) in [6.07, 6.45) is -2.82. The Morgan fingerprint density at radius 1 is 1.32 bits per heavy atom. The van der Waals surface area contributed by atoms with Gasteiger partial charge in [0.25, 0.3) is 0 Å². The SMILES string of the molecule is CC.Cc1ccc(NSc2csc(C(F)(F)F)n2)c2[nH]cc(C#N)c12. The van der Waals surface area contributed by atoms with Gasteiger partial charge in [-0.25, -0.2) is 4.98 Å². The number of halogens is 3. The van der Waals surface area contributed by atoms with Gasteiger partial charge in [-0.3, -0.25) is 0 Å². The zero-order valence-corrected chi connectivity index (χ0v) is 15.3. The minimum atomic E-state index is -4.43. The van der Waals surface area contributed by atoms with Gasteiger partial charge < -0.3 is 9.71 Å². The Bertz CT molecular complexity index is 906. The Labute approximate surface area is 151 Å². The van der Waals surface area contributed by atoms with E-state index in [1.165, 1.54) is 5.38 Å². The van der Waals surface area contributed by atoms with E-state index in [2.05, 4.69) is 20.8 Å². The molecule has 0 aliphatic carbocycles. The molecule has 0 saturated carbocycles. The average Bonchev–Trinajstić information content (AvgIpc) is 3.23. The van der Waals surface area contributed by atoms with Crippen LogP contribution in [0.2, 0.25) is 0 Å². The van der Waals surface area contributed by atoms with Gasteiger partial charge in [-0.1, -0.05) is 19.9 Å². The number of rotatable bonds is 3. The van der Waals surface area contributed by atoms with Gasteiger partial charge in [-0.15, -0.1) is 11.3 Å². The first-order valence-electron chi connectivity index (χ1n) is 7.36. The first-order chi connectivity index (χ1) is 11.9. The van der Waals surface area contributed by atoms with Crippen LogP contribution in [0.1, 0.15) is 30.0 Å². The van der Waals surface area contributed by atoms with E-state index in [0.29, 0.717) is 22.6 Å². The van der Waals surface area contributed by atoms with Crippen molar-refractivity contribution in [2.75, 3.05) is 4.72 Å². The van der Waals surface area contributed by atoms with Crippen molar-refractivity contribution in [2.24, 2.45) is 0 Å². The van der Waals surface area contributed by atoms with Crippen molar-refractivity contribution in [3.05, 3.63) is 39.8 Å². The number of aryl methyl sites for hydroxylation is 1. The quantitative estimate of drug-likeness (QED) is 0.546. The Morgan fingerprint density at radius 2 is 2.04 bits per heavy atom. The van der Waals surface area contributed by atoms with Gasteiger partial charge in [0.2, 0.25) is 0 Å². The van der Waals surface area contributed by atoms with E-state index in [0.717, 1.165) is 28.4 Å². The van der Waals surface area contributed by atoms with Gasteiger partial charge in [0, 0.05) is 28.9 Å². The number of hydrogen-bond acceptors (Lipinski definition) is 5. The Morgan fingerprint density at radius 3 is 2.64 bits per heavy atom. The molecule has 0 amide bonds. The molecule has 0 radical (unpaired) electrons. The summed E-state index contributed by atoms with van der Waals surface area (Å²) in [5.74, 6) is 0. The summed E-state index contributed by atoms with van der Waals surface area (Å²) in [7, 11) is 0. The lowest BCUT2D eigenvalue weighted by Gasteiger charge is -2.07. The minimum absolute atomic E-state index is 0.239. The fourth-order valence-corrected chi connectivity index (χ4v) is 3.60. The molecule has 3 rings (SSSR count). The lowest BCUT2D eigenvalue weighted by molar-refractivity contribution is -0.137. The second kappa shape index (κ2) is 7.80. The van der Waals surface area contributed by atoms with Crippen molar-refractivity contribution < 1.29 is 13.2 Å². The van der Waals surface area contributed by atoms with E-state index in [9.17, 15) is 13.2 Å². The third-order valence-corrected chi connectivity index (χ3v) is 4.93. The highest BCUT2D eigenvalue weighted by Crippen LogP contribution is 2.35. The van der Waals surface area contributed by atoms with E-state index in [4.69, 9.17) is 5.26 Å². The number of alkyl halides is 3. The van der Waals surface area contributed by atoms with Crippen LogP contribution >= 0.6 is 23.3 Å². The number of nitrogens with one attached hydrogen (secondary N) is 2. The summed E-state index contributed by atoms with van der Waals surface area (Å²) in [6.45, 7) is 5.89. The molecule has 0 bridgehead atoms. The van der Waals surface area contributed by atoms with Gasteiger partial charge in [0.05, 0.1) is 16.8 Å². The fraction of sp³-hybridized carbons (Fsp3) is 0.250. The highest BCUT2D eigenvalue weighted by atomic mass is 32.2. The summed E-state index contributed by atoms with van der Waals surface area (Å²) >= 11 is 1.55. The first-order valence-corrected chi connectivity index (χ1v) is 9.06. The standard InChI is InChI=1S/C14H9F3N4S2.C2H6/c1-7-2-3-9(12-11(7)8(4-18)5-19-12)21-23-10-6-22-13(20-10)14(15,16)17;1-2/h2-3,5-6,19,21H,1H3;1-2H3. The Balaban J connectivity index is 0.00000109. The number of nitrogens with zero attached hydrogens (tertiary/aromatic N) is 2. The summed E-state index contributed by atoms with van der Waals surface area (Å²) in [4.78, 5) is 6.57. The van der Waals surface area contributed by atoms with Crippen molar-refractivity contribution in [3.63, 3.8) is 0 Å². The van der Waals surface area contributed by atoms with E-state index in [1.54, 1.807) is 12.3 Å². The summed E-state index contributed by atoms with van der Waals surface area (Å²) in [6, 6.07) is 5.76. The topological polar surface area (TPSA) is 64.5 Å². The molecule has 2 heterocycles. The highest BCUT2D eigenvalue weighted by molar-refractivity contribution is 8.00. The fourth-order valence-electron chi connectivity index (χ4n) is 2.14. The molecule has 9 heteroatoms. The summed E-state index contributed by atoms with van der Waals surface area (Å²) < 4.78 is 40.6. The van der Waals surface area contributed by atoms with Gasteiger partial charge in [0.15, 0.2) is 5.01 Å². The first kappa shape index (κ1) is 19.1. The van der Waals surface area contributed by atoms with Crippen LogP contribution in [0.3, 0.4) is 0 Å². The number of anilines is 1. The van der Waals surface area contributed by atoms with E-state index >= 15 is 0 Å². The van der Waals surface area contributed by atoms with E-state index in [1.807, 2.05) is 26.8 Å². The summed E-state index contributed by atoms with van der Waals surface area (Å²) in [5, 5.41) is 10.6. The van der Waals surface area contributed by atoms with Crippen molar-refractivity contribution in [3.8, 4) is 6.07 Å². The zero-order chi connectivity index (χ0) is 18.6.